The molecule has 22 heavy (non-hydrogen) atoms. The Bertz CT molecular complexity index is 621. The fourth-order valence-electron chi connectivity index (χ4n) is 2.74. The van der Waals surface area contributed by atoms with Crippen LogP contribution in [0.15, 0.2) is 18.3 Å². The molecular formula is C15H21N5O2. The molecule has 0 spiro atoms. The highest BCUT2D eigenvalue weighted by atomic mass is 16.5. The van der Waals surface area contributed by atoms with E-state index in [2.05, 4.69) is 20.8 Å². The number of carbonyl (C=O) groups excluding carboxylic acids is 1. The molecule has 2 aromatic rings. The van der Waals surface area contributed by atoms with E-state index in [9.17, 15) is 4.79 Å². The highest BCUT2D eigenvalue weighted by molar-refractivity contribution is 5.94. The molecule has 1 aliphatic rings. The molecule has 7 heteroatoms. The first kappa shape index (κ1) is 14.9. The number of tetrazole rings is 1. The van der Waals surface area contributed by atoms with Crippen molar-refractivity contribution in [3.8, 4) is 0 Å². The predicted molar refractivity (Wildman–Crippen MR) is 80.6 cm³/mol. The Morgan fingerprint density at radius 1 is 1.36 bits per heavy atom. The molecular weight excluding hydrogens is 282 g/mol. The van der Waals surface area contributed by atoms with Crippen molar-refractivity contribution in [2.45, 2.75) is 44.6 Å². The molecule has 7 nitrogen and oxygen atoms in total. The van der Waals surface area contributed by atoms with Gasteiger partial charge in [0, 0.05) is 24.9 Å². The summed E-state index contributed by atoms with van der Waals surface area (Å²) in [5.74, 6) is -0.108. The van der Waals surface area contributed by atoms with Crippen molar-refractivity contribution < 1.29 is 9.53 Å². The van der Waals surface area contributed by atoms with Crippen LogP contribution in [0.25, 0.3) is 5.65 Å². The summed E-state index contributed by atoms with van der Waals surface area (Å²) in [5, 5.41) is 14.0. The molecule has 0 bridgehead atoms. The fraction of sp³-hybridized carbons (Fsp3) is 0.600. The van der Waals surface area contributed by atoms with Gasteiger partial charge in [-0.2, -0.15) is 0 Å². The molecule has 1 aliphatic carbocycles. The van der Waals surface area contributed by atoms with Crippen LogP contribution in [0.3, 0.4) is 0 Å². The van der Waals surface area contributed by atoms with Gasteiger partial charge in [0.15, 0.2) is 5.65 Å². The second-order valence-electron chi connectivity index (χ2n) is 5.64. The van der Waals surface area contributed by atoms with Crippen LogP contribution < -0.4 is 5.32 Å². The van der Waals surface area contributed by atoms with Crippen LogP contribution in [-0.2, 0) is 4.74 Å². The van der Waals surface area contributed by atoms with Crippen molar-refractivity contribution in [3.05, 3.63) is 23.9 Å². The molecule has 2 aromatic heterocycles. The van der Waals surface area contributed by atoms with Crippen molar-refractivity contribution in [3.63, 3.8) is 0 Å². The number of carbonyl (C=O) groups is 1. The number of nitrogens with zero attached hydrogens (tertiary/aromatic N) is 4. The lowest BCUT2D eigenvalue weighted by Gasteiger charge is -2.21. The zero-order chi connectivity index (χ0) is 15.2. The zero-order valence-corrected chi connectivity index (χ0v) is 12.6. The number of rotatable bonds is 6. The molecule has 118 valence electrons. The summed E-state index contributed by atoms with van der Waals surface area (Å²) in [4.78, 5) is 12.0. The van der Waals surface area contributed by atoms with E-state index in [4.69, 9.17) is 4.74 Å². The van der Waals surface area contributed by atoms with Crippen LogP contribution in [0.4, 0.5) is 0 Å². The van der Waals surface area contributed by atoms with Crippen molar-refractivity contribution in [2.75, 3.05) is 13.2 Å². The monoisotopic (exact) mass is 303 g/mol. The third kappa shape index (κ3) is 3.79. The maximum absolute atomic E-state index is 12.0. The topological polar surface area (TPSA) is 81.4 Å². The quantitative estimate of drug-likeness (QED) is 0.820. The van der Waals surface area contributed by atoms with Crippen LogP contribution in [0, 0.1) is 0 Å². The highest BCUT2D eigenvalue weighted by Gasteiger charge is 2.13. The largest absolute Gasteiger partial charge is 0.378 e. The summed E-state index contributed by atoms with van der Waals surface area (Å²) in [5.41, 5.74) is 1.13. The predicted octanol–water partition coefficient (Wildman–Crippen LogP) is 1.59. The Morgan fingerprint density at radius 3 is 3.09 bits per heavy atom. The summed E-state index contributed by atoms with van der Waals surface area (Å²) < 4.78 is 7.36. The summed E-state index contributed by atoms with van der Waals surface area (Å²) in [7, 11) is 0. The van der Waals surface area contributed by atoms with Gasteiger partial charge in [0.2, 0.25) is 0 Å². The van der Waals surface area contributed by atoms with Crippen LogP contribution in [-0.4, -0.2) is 45.2 Å². The first-order valence-corrected chi connectivity index (χ1v) is 7.90. The SMILES string of the molecule is O=C(NCCCOC1CCCCC1)c1ccn2nnnc2c1. The highest BCUT2D eigenvalue weighted by Crippen LogP contribution is 2.20. The van der Waals surface area contributed by atoms with Gasteiger partial charge in [0.1, 0.15) is 0 Å². The van der Waals surface area contributed by atoms with Crippen LogP contribution in [0.1, 0.15) is 48.9 Å². The van der Waals surface area contributed by atoms with Gasteiger partial charge in [-0.05, 0) is 41.8 Å². The number of fused-ring (bicyclic) bond motifs is 1. The van der Waals surface area contributed by atoms with Gasteiger partial charge in [-0.3, -0.25) is 4.79 Å². The standard InChI is InChI=1S/C15H21N5O2/c21-15(12-7-9-20-14(11-12)17-18-19-20)16-8-4-10-22-13-5-2-1-3-6-13/h7,9,11,13H,1-6,8,10H2,(H,16,21). The average Bonchev–Trinajstić information content (AvgIpc) is 3.03. The Labute approximate surface area is 129 Å². The first-order chi connectivity index (χ1) is 10.8. The van der Waals surface area contributed by atoms with Gasteiger partial charge in [-0.15, -0.1) is 5.10 Å². The fourth-order valence-corrected chi connectivity index (χ4v) is 2.74. The summed E-state index contributed by atoms with van der Waals surface area (Å²) in [6, 6.07) is 3.38. The number of aromatic nitrogens is 4. The summed E-state index contributed by atoms with van der Waals surface area (Å²) >= 11 is 0. The van der Waals surface area contributed by atoms with E-state index in [-0.39, 0.29) is 5.91 Å². The normalized spacial score (nSPS) is 16.0. The van der Waals surface area contributed by atoms with Crippen LogP contribution in [0.5, 0.6) is 0 Å². The smallest absolute Gasteiger partial charge is 0.251 e. The van der Waals surface area contributed by atoms with Gasteiger partial charge in [0.05, 0.1) is 6.10 Å². The molecule has 0 saturated heterocycles. The van der Waals surface area contributed by atoms with Crippen LogP contribution >= 0.6 is 0 Å². The van der Waals surface area contributed by atoms with Crippen molar-refractivity contribution in [2.24, 2.45) is 0 Å². The first-order valence-electron chi connectivity index (χ1n) is 7.90. The van der Waals surface area contributed by atoms with E-state index in [0.29, 0.717) is 30.5 Å². The Hall–Kier alpha value is -2.02. The average molecular weight is 303 g/mol. The number of ether oxygens (including phenoxy) is 1. The van der Waals surface area contributed by atoms with Gasteiger partial charge < -0.3 is 10.1 Å². The lowest BCUT2D eigenvalue weighted by Crippen LogP contribution is -2.26. The second-order valence-corrected chi connectivity index (χ2v) is 5.64. The van der Waals surface area contributed by atoms with Gasteiger partial charge in [-0.25, -0.2) is 4.52 Å². The zero-order valence-electron chi connectivity index (χ0n) is 12.6. The lowest BCUT2D eigenvalue weighted by molar-refractivity contribution is 0.0273. The molecule has 0 atom stereocenters. The van der Waals surface area contributed by atoms with E-state index in [1.807, 2.05) is 0 Å². The summed E-state index contributed by atoms with van der Waals surface area (Å²) in [6.45, 7) is 1.32. The van der Waals surface area contributed by atoms with Crippen molar-refractivity contribution in [1.29, 1.82) is 0 Å². The molecule has 0 unspecified atom stereocenters. The van der Waals surface area contributed by atoms with E-state index in [0.717, 1.165) is 6.42 Å². The number of hydrogen-bond acceptors (Lipinski definition) is 5. The minimum atomic E-state index is -0.108. The van der Waals surface area contributed by atoms with E-state index in [1.54, 1.807) is 18.3 Å². The number of nitrogens with one attached hydrogen (secondary N) is 1. The molecule has 0 aliphatic heterocycles. The molecule has 3 rings (SSSR count). The van der Waals surface area contributed by atoms with Crippen LogP contribution in [0.2, 0.25) is 0 Å². The minimum absolute atomic E-state index is 0.108. The number of hydrogen-bond donors (Lipinski definition) is 1. The van der Waals surface area contributed by atoms with Crippen molar-refractivity contribution in [1.82, 2.24) is 25.4 Å². The van der Waals surface area contributed by atoms with E-state index >= 15 is 0 Å². The molecule has 1 fully saturated rings. The Kier molecular flexibility index (Phi) is 4.95. The van der Waals surface area contributed by atoms with E-state index in [1.165, 1.54) is 36.6 Å². The molecule has 1 amide bonds. The molecule has 0 radical (unpaired) electrons. The molecule has 1 saturated carbocycles. The molecule has 2 heterocycles. The summed E-state index contributed by atoms with van der Waals surface area (Å²) in [6.07, 6.45) is 9.18. The third-order valence-electron chi connectivity index (χ3n) is 3.97. The lowest BCUT2D eigenvalue weighted by atomic mass is 9.98. The molecule has 1 N–H and O–H groups in total. The minimum Gasteiger partial charge on any atom is -0.378 e. The second kappa shape index (κ2) is 7.31. The Balaban J connectivity index is 1.38. The van der Waals surface area contributed by atoms with Gasteiger partial charge in [-0.1, -0.05) is 19.3 Å². The third-order valence-corrected chi connectivity index (χ3v) is 3.97. The molecule has 0 aromatic carbocycles. The number of amides is 1. The maximum atomic E-state index is 12.0. The Morgan fingerprint density at radius 2 is 2.23 bits per heavy atom. The van der Waals surface area contributed by atoms with Gasteiger partial charge in [0.25, 0.3) is 5.91 Å². The maximum Gasteiger partial charge on any atom is 0.251 e. The van der Waals surface area contributed by atoms with E-state index < -0.39 is 0 Å². The number of pyridine rings is 1. The van der Waals surface area contributed by atoms with Crippen molar-refractivity contribution >= 4 is 11.6 Å². The van der Waals surface area contributed by atoms with Gasteiger partial charge >= 0.3 is 0 Å².